The highest BCUT2D eigenvalue weighted by Crippen LogP contribution is 2.58. The molecule has 0 saturated heterocycles. The van der Waals surface area contributed by atoms with Gasteiger partial charge in [-0.15, -0.1) is 0 Å². The molecule has 0 atom stereocenters. The zero-order valence-electron chi connectivity index (χ0n) is 94.8. The van der Waals surface area contributed by atoms with Crippen molar-refractivity contribution in [3.8, 4) is 67.0 Å². The third-order valence-corrected chi connectivity index (χ3v) is 27.3. The summed E-state index contributed by atoms with van der Waals surface area (Å²) in [5.41, 5.74) is 24.1. The van der Waals surface area contributed by atoms with E-state index in [1.807, 2.05) is 12.1 Å². The van der Waals surface area contributed by atoms with Crippen LogP contribution in [0.1, 0.15) is 281 Å². The summed E-state index contributed by atoms with van der Waals surface area (Å²) in [5, 5.41) is 2.01. The van der Waals surface area contributed by atoms with Gasteiger partial charge < -0.3 is 18.9 Å². The van der Waals surface area contributed by atoms with Crippen LogP contribution in [0.25, 0.3) is 111 Å². The molecule has 2 aliphatic heterocycles. The lowest BCUT2D eigenvalue weighted by atomic mass is 9.33. The fourth-order valence-corrected chi connectivity index (χ4v) is 19.7. The van der Waals surface area contributed by atoms with Crippen molar-refractivity contribution < 1.29 is 17.8 Å². The standard InChI is InChI=1S/C124H135BN4/c1-115(2,3)80-51-48-77(49-52-80)93-69-86(121(19,20)21)72-99(95-66-81(116(4,5)6)53-57-101(95)124(28,29)30)113(93)129-109-73-88(126-106-60-54-82(117(7,8)9)67-96(106)97-68-83(118(10,11)12)55-61-107(97)126)56-59-103(109)125-102-58-50-78(76-40-32-31-33-41-76)64-108(102)128(110-74-89(75-111(129)112(110)125)127-104-46-38-35-43-91(104)92-44-36-39-47-105(92)127)114-94(79-62-84(119(13,14)15)65-85(63-79)120(16,17)18)70-87(122(22,23)24)71-98(114)90-42-34-37-45-100(90)123(25,26)27/h31-75H,1-30H3/i31D,32D,33D,35D,36D,38D,39D,40D,41D,43D,44D,46D,47D. The van der Waals surface area contributed by atoms with Crippen LogP contribution in [0.3, 0.4) is 0 Å². The lowest BCUT2D eigenvalue weighted by Gasteiger charge is -2.46. The van der Waals surface area contributed by atoms with Crippen molar-refractivity contribution in [1.29, 1.82) is 0 Å². The van der Waals surface area contributed by atoms with Crippen molar-refractivity contribution in [2.24, 2.45) is 0 Å². The van der Waals surface area contributed by atoms with Crippen LogP contribution in [0.2, 0.25) is 0 Å². The summed E-state index contributed by atoms with van der Waals surface area (Å²) in [6.07, 6.45) is 0. The SMILES string of the molecule is [2H]c1c([2H])c([2H])c(-c2ccc3c(c2)N(c2c(-c4cc(C(C)(C)C)cc(C(C)(C)C)c4)cc(C(C)(C)C)cc2-c2ccccc2C(C)(C)C)c2cc(-n4c5c([2H])c([2H])c([2H])c([2H])c5c5c([2H])c([2H])c([2H])c([2H])c54)cc4c2B3c2ccc(-n3c5ccc(C(C)(C)C)cc5c5cc(C(C)(C)C)ccc53)cc2N4c2c(-c3ccc(C(C)(C)C)cc3)cc(C(C)(C)C)cc2-c2cc(C(C)(C)C)ccc2C(C)(C)C)c([2H])c1[2H]. The molecule has 0 N–H and O–H groups in total. The second kappa shape index (κ2) is 30.5. The maximum absolute atomic E-state index is 10.6. The number of para-hydroxylation sites is 2. The van der Waals surface area contributed by atoms with E-state index in [1.54, 1.807) is 4.57 Å². The maximum Gasteiger partial charge on any atom is 0.252 e. The van der Waals surface area contributed by atoms with Gasteiger partial charge in [-0.2, -0.15) is 0 Å². The molecule has 14 aromatic carbocycles. The largest absolute Gasteiger partial charge is 0.310 e. The van der Waals surface area contributed by atoms with Gasteiger partial charge in [0, 0.05) is 72.2 Å². The monoisotopic (exact) mass is 1700 g/mol. The van der Waals surface area contributed by atoms with Gasteiger partial charge in [0.25, 0.3) is 6.71 Å². The zero-order valence-corrected chi connectivity index (χ0v) is 81.8. The van der Waals surface area contributed by atoms with Crippen molar-refractivity contribution >= 4 is 101 Å². The molecule has 0 aliphatic carbocycles. The second-order valence-corrected chi connectivity index (χ2v) is 47.1. The third kappa shape index (κ3) is 15.6. The summed E-state index contributed by atoms with van der Waals surface area (Å²) >= 11 is 0. The number of hydrogen-bond acceptors (Lipinski definition) is 2. The van der Waals surface area contributed by atoms with Crippen LogP contribution in [-0.4, -0.2) is 15.8 Å². The van der Waals surface area contributed by atoms with E-state index < -0.39 is 106 Å². The van der Waals surface area contributed by atoms with Crippen LogP contribution in [-0.2, 0) is 54.1 Å². The molecule has 654 valence electrons. The number of benzene rings is 14. The molecule has 0 unspecified atom stereocenters. The Hall–Kier alpha value is -11.7. The van der Waals surface area contributed by atoms with Gasteiger partial charge in [-0.1, -0.05) is 389 Å². The molecule has 0 saturated carbocycles. The number of rotatable bonds is 9. The van der Waals surface area contributed by atoms with Crippen molar-refractivity contribution in [2.75, 3.05) is 9.80 Å². The van der Waals surface area contributed by atoms with Gasteiger partial charge >= 0.3 is 0 Å². The molecule has 0 radical (unpaired) electrons. The van der Waals surface area contributed by atoms with Crippen LogP contribution < -0.4 is 26.2 Å². The fourth-order valence-electron chi connectivity index (χ4n) is 19.7. The minimum atomic E-state index is -0.810. The Morgan fingerprint density at radius 3 is 1.09 bits per heavy atom. The first-order valence-electron chi connectivity index (χ1n) is 52.8. The van der Waals surface area contributed by atoms with E-state index in [-0.39, 0.29) is 66.8 Å². The fraction of sp³-hybridized carbons (Fsp3) is 0.323. The summed E-state index contributed by atoms with van der Waals surface area (Å²) in [6.45, 7) is 67.1. The predicted octanol–water partition coefficient (Wildman–Crippen LogP) is 33.3. The van der Waals surface area contributed by atoms with Gasteiger partial charge in [-0.05, 0) is 251 Å². The van der Waals surface area contributed by atoms with E-state index >= 15 is 0 Å². The average molecular weight is 1710 g/mol. The van der Waals surface area contributed by atoms with Gasteiger partial charge in [0.05, 0.1) is 56.9 Å². The van der Waals surface area contributed by atoms with Gasteiger partial charge in [0.2, 0.25) is 0 Å². The minimum Gasteiger partial charge on any atom is -0.310 e. The van der Waals surface area contributed by atoms with Crippen LogP contribution in [0, 0.1) is 0 Å². The first kappa shape index (κ1) is 73.2. The smallest absolute Gasteiger partial charge is 0.252 e. The maximum atomic E-state index is 10.6. The highest BCUT2D eigenvalue weighted by Gasteiger charge is 2.48. The first-order valence-corrected chi connectivity index (χ1v) is 46.3. The van der Waals surface area contributed by atoms with Gasteiger partial charge in [-0.3, -0.25) is 0 Å². The summed E-state index contributed by atoms with van der Waals surface area (Å²) in [4.78, 5) is 4.85. The van der Waals surface area contributed by atoms with E-state index in [1.165, 1.54) is 11.1 Å². The van der Waals surface area contributed by atoms with Crippen LogP contribution >= 0.6 is 0 Å². The number of hydrogen-bond donors (Lipinski definition) is 0. The molecule has 4 nitrogen and oxygen atoms in total. The third-order valence-electron chi connectivity index (χ3n) is 27.3. The summed E-state index contributed by atoms with van der Waals surface area (Å²) in [7, 11) is 0. The van der Waals surface area contributed by atoms with Crippen LogP contribution in [0.4, 0.5) is 34.1 Å². The lowest BCUT2D eigenvalue weighted by molar-refractivity contribution is 0.569. The molecular formula is C124H135BN4. The summed E-state index contributed by atoms with van der Waals surface area (Å²) in [6, 6.07) is 66.0. The summed E-state index contributed by atoms with van der Waals surface area (Å²) in [5.74, 6) is 0. The van der Waals surface area contributed by atoms with Gasteiger partial charge in [-0.25, -0.2) is 0 Å². The second-order valence-electron chi connectivity index (χ2n) is 47.1. The number of anilines is 6. The van der Waals surface area contributed by atoms with Gasteiger partial charge in [0.1, 0.15) is 0 Å². The topological polar surface area (TPSA) is 16.3 Å². The molecule has 2 aliphatic rings. The normalized spacial score (nSPS) is 15.2. The Morgan fingerprint density at radius 2 is 0.597 bits per heavy atom. The van der Waals surface area contributed by atoms with E-state index in [0.717, 1.165) is 144 Å². The van der Waals surface area contributed by atoms with Crippen molar-refractivity contribution in [3.63, 3.8) is 0 Å². The van der Waals surface area contributed by atoms with Crippen LogP contribution in [0.15, 0.2) is 273 Å². The number of aromatic nitrogens is 2. The molecule has 4 heterocycles. The minimum absolute atomic E-state index is 0.00781. The molecule has 5 heteroatoms. The number of nitrogens with zero attached hydrogens (tertiary/aromatic N) is 4. The Bertz CT molecular complexity index is 7820. The first-order chi connectivity index (χ1) is 65.7. The zero-order chi connectivity index (χ0) is 104. The van der Waals surface area contributed by atoms with E-state index in [2.05, 4.69) is 404 Å². The van der Waals surface area contributed by atoms with Crippen LogP contribution in [0.5, 0.6) is 0 Å². The molecule has 18 rings (SSSR count). The van der Waals surface area contributed by atoms with Gasteiger partial charge in [0.15, 0.2) is 0 Å². The molecule has 2 aromatic heterocycles. The van der Waals surface area contributed by atoms with Crippen molar-refractivity contribution in [2.45, 2.75) is 262 Å². The Kier molecular flexibility index (Phi) is 17.3. The molecule has 0 bridgehead atoms. The van der Waals surface area contributed by atoms with E-state index in [9.17, 15) is 16.4 Å². The molecule has 0 fully saturated rings. The van der Waals surface area contributed by atoms with Crippen molar-refractivity contribution in [1.82, 2.24) is 9.13 Å². The van der Waals surface area contributed by atoms with E-state index in [0.29, 0.717) is 28.3 Å². The molecule has 16 aromatic rings. The lowest BCUT2D eigenvalue weighted by Crippen LogP contribution is -2.61. The Morgan fingerprint density at radius 1 is 0.225 bits per heavy atom. The molecular weight excluding hydrogens is 1560 g/mol. The Balaban J connectivity index is 1.17. The average Bonchev–Trinajstić information content (AvgIpc) is 1.05. The van der Waals surface area contributed by atoms with E-state index in [4.69, 9.17) is 1.37 Å². The predicted molar refractivity (Wildman–Crippen MR) is 563 cm³/mol. The molecule has 0 spiro atoms. The van der Waals surface area contributed by atoms with Crippen molar-refractivity contribution in [3.05, 3.63) is 328 Å². The highest BCUT2D eigenvalue weighted by molar-refractivity contribution is 7.00. The summed E-state index contributed by atoms with van der Waals surface area (Å²) < 4.78 is 133. The highest BCUT2D eigenvalue weighted by atomic mass is 15.2. The Labute approximate surface area is 790 Å². The quantitative estimate of drug-likeness (QED) is 0.134. The molecule has 0 amide bonds. The number of fused-ring (bicyclic) bond motifs is 10. The molecule has 129 heavy (non-hydrogen) atoms.